The lowest BCUT2D eigenvalue weighted by Crippen LogP contribution is -2.65. The number of aromatic hydroxyl groups is 5. The summed E-state index contributed by atoms with van der Waals surface area (Å²) in [5.41, 5.74) is -3.48. The molecule has 9 N–H and O–H groups in total. The lowest BCUT2D eigenvalue weighted by Gasteiger charge is -2.42. The second-order valence-electron chi connectivity index (χ2n) is 7.32. The van der Waals surface area contributed by atoms with E-state index in [-0.39, 0.29) is 0 Å². The fourth-order valence-corrected chi connectivity index (χ4v) is 3.06. The van der Waals surface area contributed by atoms with Gasteiger partial charge < -0.3 is 60.2 Å². The first kappa shape index (κ1) is 24.8. The Kier molecular flexibility index (Phi) is 6.72. The summed E-state index contributed by atoms with van der Waals surface area (Å²) in [6, 6.07) is 2.97. The molecule has 1 aliphatic heterocycles. The molecule has 2 aromatic carbocycles. The number of rotatable bonds is 5. The number of carbonyl (C=O) groups is 2. The number of phenolic OH excluding ortho intramolecular Hbond substituents is 5. The zero-order valence-electron chi connectivity index (χ0n) is 17.0. The topological polar surface area (TPSA) is 244 Å². The average Bonchev–Trinajstić information content (AvgIpc) is 2.79. The van der Waals surface area contributed by atoms with Crippen molar-refractivity contribution in [2.75, 3.05) is 13.2 Å². The Bertz CT molecular complexity index is 1070. The summed E-state index contributed by atoms with van der Waals surface area (Å²) in [6.07, 6.45) is -5.46. The summed E-state index contributed by atoms with van der Waals surface area (Å²) in [5.74, 6) is -7.68. The Morgan fingerprint density at radius 1 is 0.912 bits per heavy atom. The third-order valence-electron chi connectivity index (χ3n) is 5.01. The molecule has 1 aliphatic rings. The predicted molar refractivity (Wildman–Crippen MR) is 105 cm³/mol. The Morgan fingerprint density at radius 3 is 1.94 bits per heavy atom. The number of aliphatic hydroxyl groups is 4. The highest BCUT2D eigenvalue weighted by Crippen LogP contribution is 2.40. The fraction of sp³-hybridized carbons (Fsp3) is 0.300. The van der Waals surface area contributed by atoms with Gasteiger partial charge in [0, 0.05) is 0 Å². The molecule has 184 valence electrons. The molecule has 2 aromatic rings. The Morgan fingerprint density at radius 2 is 1.41 bits per heavy atom. The van der Waals surface area contributed by atoms with Gasteiger partial charge in [-0.3, -0.25) is 0 Å². The van der Waals surface area contributed by atoms with Crippen molar-refractivity contribution in [2.24, 2.45) is 0 Å². The third-order valence-corrected chi connectivity index (χ3v) is 5.01. The van der Waals surface area contributed by atoms with Crippen LogP contribution in [0.25, 0.3) is 0 Å². The minimum absolute atomic E-state index is 0.458. The molecule has 34 heavy (non-hydrogen) atoms. The summed E-state index contributed by atoms with van der Waals surface area (Å²) < 4.78 is 14.6. The van der Waals surface area contributed by atoms with Crippen LogP contribution in [0.5, 0.6) is 34.5 Å². The number of benzene rings is 2. The number of aliphatic hydroxyl groups excluding tert-OH is 3. The summed E-state index contributed by atoms with van der Waals surface area (Å²) in [5, 5.41) is 87.6. The van der Waals surface area contributed by atoms with Crippen molar-refractivity contribution in [1.29, 1.82) is 0 Å². The van der Waals surface area contributed by atoms with Crippen LogP contribution in [-0.4, -0.2) is 95.2 Å². The number of ether oxygens (including phenoxy) is 3. The van der Waals surface area contributed by atoms with Crippen LogP contribution in [0.1, 0.15) is 20.7 Å². The van der Waals surface area contributed by atoms with Gasteiger partial charge in [-0.2, -0.15) is 0 Å². The highest BCUT2D eigenvalue weighted by Gasteiger charge is 2.52. The van der Waals surface area contributed by atoms with Gasteiger partial charge in [0.25, 0.3) is 0 Å². The molecule has 0 spiro atoms. The van der Waals surface area contributed by atoms with E-state index in [2.05, 4.69) is 0 Å². The first-order valence-corrected chi connectivity index (χ1v) is 9.44. The van der Waals surface area contributed by atoms with Crippen LogP contribution in [0, 0.1) is 0 Å². The number of phenols is 5. The normalized spacial score (nSPS) is 24.4. The van der Waals surface area contributed by atoms with E-state index >= 15 is 0 Å². The lowest BCUT2D eigenvalue weighted by molar-refractivity contribution is -0.309. The molecule has 1 saturated heterocycles. The standard InChI is InChI=1S/C20H20O14/c21-6-20(31)16(27)13(5-32-19(20)30)33-17(28)8-3-11(24)15(12(25)4-8)34-18(29)7-1-9(22)14(26)10(23)2-7/h1-4,13,16,19,21-27,30-31H,5-6H2/t13-,16-,19-,20-/m1/s1. The molecule has 0 aliphatic carbocycles. The molecule has 0 amide bonds. The van der Waals surface area contributed by atoms with E-state index in [1.54, 1.807) is 0 Å². The van der Waals surface area contributed by atoms with Crippen LogP contribution in [0.4, 0.5) is 0 Å². The van der Waals surface area contributed by atoms with Crippen molar-refractivity contribution in [1.82, 2.24) is 0 Å². The van der Waals surface area contributed by atoms with Crippen LogP contribution in [0.3, 0.4) is 0 Å². The van der Waals surface area contributed by atoms with Crippen molar-refractivity contribution in [3.63, 3.8) is 0 Å². The second-order valence-corrected chi connectivity index (χ2v) is 7.32. The van der Waals surface area contributed by atoms with E-state index < -0.39 is 94.9 Å². The fourth-order valence-electron chi connectivity index (χ4n) is 3.06. The van der Waals surface area contributed by atoms with Crippen molar-refractivity contribution in [2.45, 2.75) is 24.1 Å². The minimum Gasteiger partial charge on any atom is -0.504 e. The maximum atomic E-state index is 12.4. The number of hydrogen-bond acceptors (Lipinski definition) is 14. The Labute approximate surface area is 189 Å². The first-order valence-electron chi connectivity index (χ1n) is 9.44. The molecule has 3 rings (SSSR count). The largest absolute Gasteiger partial charge is 0.504 e. The van der Waals surface area contributed by atoms with Crippen LogP contribution in [0.2, 0.25) is 0 Å². The van der Waals surface area contributed by atoms with Crippen molar-refractivity contribution in [3.8, 4) is 34.5 Å². The molecular weight excluding hydrogens is 464 g/mol. The van der Waals surface area contributed by atoms with Gasteiger partial charge >= 0.3 is 11.9 Å². The molecule has 0 aromatic heterocycles. The van der Waals surface area contributed by atoms with E-state index in [1.807, 2.05) is 0 Å². The van der Waals surface area contributed by atoms with Gasteiger partial charge in [0.05, 0.1) is 24.3 Å². The number of esters is 2. The summed E-state index contributed by atoms with van der Waals surface area (Å²) in [7, 11) is 0. The van der Waals surface area contributed by atoms with Crippen molar-refractivity contribution >= 4 is 11.9 Å². The monoisotopic (exact) mass is 484 g/mol. The first-order chi connectivity index (χ1) is 15.9. The molecule has 1 fully saturated rings. The predicted octanol–water partition coefficient (Wildman–Crippen LogP) is -1.61. The van der Waals surface area contributed by atoms with Gasteiger partial charge in [0.2, 0.25) is 5.75 Å². The van der Waals surface area contributed by atoms with Crippen molar-refractivity contribution < 1.29 is 69.8 Å². The van der Waals surface area contributed by atoms with Gasteiger partial charge in [0.15, 0.2) is 46.7 Å². The molecule has 0 radical (unpaired) electrons. The zero-order chi connectivity index (χ0) is 25.4. The van der Waals surface area contributed by atoms with Crippen LogP contribution in [0.15, 0.2) is 24.3 Å². The van der Waals surface area contributed by atoms with Gasteiger partial charge in [-0.1, -0.05) is 0 Å². The van der Waals surface area contributed by atoms with Gasteiger partial charge in [-0.15, -0.1) is 0 Å². The minimum atomic E-state index is -2.54. The molecule has 0 unspecified atom stereocenters. The summed E-state index contributed by atoms with van der Waals surface area (Å²) in [6.45, 7) is -1.68. The molecule has 4 atom stereocenters. The average molecular weight is 484 g/mol. The van der Waals surface area contributed by atoms with E-state index in [0.717, 1.165) is 24.3 Å². The number of carbonyl (C=O) groups excluding carboxylic acids is 2. The van der Waals surface area contributed by atoms with Gasteiger partial charge in [0.1, 0.15) is 6.10 Å². The van der Waals surface area contributed by atoms with E-state index in [1.165, 1.54) is 0 Å². The maximum absolute atomic E-state index is 12.4. The van der Waals surface area contributed by atoms with Crippen LogP contribution >= 0.6 is 0 Å². The molecule has 14 heteroatoms. The van der Waals surface area contributed by atoms with Crippen LogP contribution < -0.4 is 4.74 Å². The quantitative estimate of drug-likeness (QED) is 0.132. The van der Waals surface area contributed by atoms with Crippen molar-refractivity contribution in [3.05, 3.63) is 35.4 Å². The Hall–Kier alpha value is -3.82. The third kappa shape index (κ3) is 4.48. The van der Waals surface area contributed by atoms with Crippen LogP contribution in [-0.2, 0) is 9.47 Å². The molecule has 1 heterocycles. The molecule has 0 bridgehead atoms. The van der Waals surface area contributed by atoms with Gasteiger partial charge in [-0.25, -0.2) is 9.59 Å². The van der Waals surface area contributed by atoms with E-state index in [9.17, 15) is 55.5 Å². The summed E-state index contributed by atoms with van der Waals surface area (Å²) >= 11 is 0. The van der Waals surface area contributed by atoms with E-state index in [4.69, 9.17) is 14.2 Å². The second kappa shape index (κ2) is 9.20. The maximum Gasteiger partial charge on any atom is 0.344 e. The highest BCUT2D eigenvalue weighted by atomic mass is 16.7. The zero-order valence-corrected chi connectivity index (χ0v) is 17.0. The molecule has 14 nitrogen and oxygen atoms in total. The summed E-state index contributed by atoms with van der Waals surface area (Å²) in [4.78, 5) is 24.6. The SMILES string of the molecule is O=C(Oc1c(O)cc(C(=O)O[C@@H]2CO[C@@H](O)[C@@](O)(CO)[C@@H]2O)cc1O)c1cc(O)c(O)c(O)c1. The van der Waals surface area contributed by atoms with Gasteiger partial charge in [-0.05, 0) is 24.3 Å². The lowest BCUT2D eigenvalue weighted by atomic mass is 9.90. The number of hydrogen-bond donors (Lipinski definition) is 9. The molecule has 0 saturated carbocycles. The van der Waals surface area contributed by atoms with E-state index in [0.29, 0.717) is 0 Å². The Balaban J connectivity index is 1.77. The molecular formula is C20H20O14. The smallest absolute Gasteiger partial charge is 0.344 e. The highest BCUT2D eigenvalue weighted by molar-refractivity contribution is 5.94.